The van der Waals surface area contributed by atoms with Crippen molar-refractivity contribution in [2.24, 2.45) is 5.92 Å². The van der Waals surface area contributed by atoms with Gasteiger partial charge in [-0.25, -0.2) is 9.59 Å². The molecule has 3 atom stereocenters. The van der Waals surface area contributed by atoms with Gasteiger partial charge in [-0.05, 0) is 108 Å². The summed E-state index contributed by atoms with van der Waals surface area (Å²) >= 11 is 0. The molecule has 14 nitrogen and oxygen atoms in total. The molecule has 0 aliphatic carbocycles. The highest BCUT2D eigenvalue weighted by Gasteiger charge is 2.37. The first-order chi connectivity index (χ1) is 32.1. The van der Waals surface area contributed by atoms with Gasteiger partial charge in [0, 0.05) is 49.7 Å². The molecule has 3 aliphatic rings. The molecule has 2 bridgehead atoms. The maximum Gasteiger partial charge on any atom is 0.338 e. The minimum atomic E-state index is -0.889. The molecule has 0 saturated carbocycles. The third-order valence-corrected chi connectivity index (χ3v) is 12.5. The first-order valence-corrected chi connectivity index (χ1v) is 22.4. The molecule has 3 saturated heterocycles. The fourth-order valence-electron chi connectivity index (χ4n) is 8.66. The Kier molecular flexibility index (Phi) is 14.7. The van der Waals surface area contributed by atoms with Gasteiger partial charge in [-0.1, -0.05) is 72.8 Å². The number of hydrogen-bond donors (Lipinski definition) is 5. The van der Waals surface area contributed by atoms with Crippen LogP contribution >= 0.6 is 0 Å². The second-order valence-electron chi connectivity index (χ2n) is 17.0. The number of esters is 2. The van der Waals surface area contributed by atoms with Crippen molar-refractivity contribution in [3.8, 4) is 11.5 Å². The zero-order valence-corrected chi connectivity index (χ0v) is 36.9. The minimum Gasteiger partial charge on any atom is -0.506 e. The van der Waals surface area contributed by atoms with Crippen molar-refractivity contribution in [3.05, 3.63) is 171 Å². The lowest BCUT2D eigenvalue weighted by Crippen LogP contribution is -2.52. The Hall–Kier alpha value is -7.00. The summed E-state index contributed by atoms with van der Waals surface area (Å²) in [6.07, 6.45) is 1.47. The largest absolute Gasteiger partial charge is 0.506 e. The van der Waals surface area contributed by atoms with E-state index in [9.17, 15) is 29.4 Å². The first-order valence-electron chi connectivity index (χ1n) is 22.4. The molecule has 0 spiro atoms. The molecule has 66 heavy (non-hydrogen) atoms. The van der Waals surface area contributed by atoms with E-state index in [4.69, 9.17) is 14.2 Å². The van der Waals surface area contributed by atoms with E-state index in [2.05, 4.69) is 20.5 Å². The molecule has 14 heteroatoms. The molecule has 342 valence electrons. The van der Waals surface area contributed by atoms with Crippen LogP contribution in [0.15, 0.2) is 132 Å². The molecule has 1 aromatic heterocycles. The third-order valence-electron chi connectivity index (χ3n) is 12.5. The summed E-state index contributed by atoms with van der Waals surface area (Å²) in [5.41, 5.74) is 5.24. The number of hydrogen-bond acceptors (Lipinski definition) is 11. The number of aromatic hydroxyl groups is 1. The number of carbonyl (C=O) groups excluding carboxylic acids is 3. The number of urea groups is 1. The molecule has 3 aliphatic heterocycles. The number of carbonyl (C=O) groups is 3. The number of ether oxygens (including phenoxy) is 3. The SMILES string of the molecule is CN(CCOC(=O)c1ccc(COc2cccc([C@@H](CC(=O)O[C@H]3CN4CCC3CC4)c3ccccc3)c2)cc1)C(=O)Nc1ccc(CNC[C@H](O)c2ccc(O)c3[nH]c(=O)ccc23)cc1. The van der Waals surface area contributed by atoms with Crippen LogP contribution in [-0.4, -0.2) is 95.4 Å². The average molecular weight is 894 g/mol. The zero-order valence-electron chi connectivity index (χ0n) is 36.9. The Morgan fingerprint density at radius 2 is 1.61 bits per heavy atom. The summed E-state index contributed by atoms with van der Waals surface area (Å²) < 4.78 is 17.7. The van der Waals surface area contributed by atoms with Gasteiger partial charge in [0.2, 0.25) is 5.56 Å². The number of aliphatic hydroxyl groups excluding tert-OH is 1. The molecule has 0 unspecified atom stereocenters. The maximum atomic E-state index is 13.4. The van der Waals surface area contributed by atoms with Crippen molar-refractivity contribution in [2.45, 2.75) is 50.5 Å². The maximum absolute atomic E-state index is 13.4. The fraction of sp³-hybridized carbons (Fsp3) is 0.308. The number of nitrogens with one attached hydrogen (secondary N) is 3. The number of nitrogens with zero attached hydrogens (tertiary/aromatic N) is 2. The molecule has 2 amide bonds. The van der Waals surface area contributed by atoms with Crippen LogP contribution in [0.3, 0.4) is 0 Å². The van der Waals surface area contributed by atoms with Gasteiger partial charge in [-0.2, -0.15) is 0 Å². The summed E-state index contributed by atoms with van der Waals surface area (Å²) in [7, 11) is 1.61. The monoisotopic (exact) mass is 893 g/mol. The van der Waals surface area contributed by atoms with Crippen LogP contribution in [0.25, 0.3) is 10.9 Å². The van der Waals surface area contributed by atoms with Gasteiger partial charge < -0.3 is 44.9 Å². The van der Waals surface area contributed by atoms with E-state index < -0.39 is 12.1 Å². The molecule has 4 heterocycles. The van der Waals surface area contributed by atoms with Crippen LogP contribution in [-0.2, 0) is 27.4 Å². The number of aliphatic hydroxyl groups is 1. The number of amides is 2. The number of benzene rings is 5. The van der Waals surface area contributed by atoms with E-state index in [-0.39, 0.29) is 73.6 Å². The van der Waals surface area contributed by atoms with E-state index >= 15 is 0 Å². The molecule has 9 rings (SSSR count). The number of piperidine rings is 3. The summed E-state index contributed by atoms with van der Waals surface area (Å²) in [4.78, 5) is 57.2. The van der Waals surface area contributed by atoms with Crippen LogP contribution in [0.5, 0.6) is 11.5 Å². The van der Waals surface area contributed by atoms with Crippen molar-refractivity contribution in [1.82, 2.24) is 20.1 Å². The van der Waals surface area contributed by atoms with Gasteiger partial charge in [-0.3, -0.25) is 14.5 Å². The summed E-state index contributed by atoms with van der Waals surface area (Å²) in [6.45, 7) is 4.11. The van der Waals surface area contributed by atoms with Gasteiger partial charge in [0.05, 0.1) is 30.1 Å². The molecular weight excluding hydrogens is 839 g/mol. The number of anilines is 1. The highest BCUT2D eigenvalue weighted by atomic mass is 16.5. The number of aromatic nitrogens is 1. The van der Waals surface area contributed by atoms with Gasteiger partial charge >= 0.3 is 18.0 Å². The van der Waals surface area contributed by atoms with Crippen LogP contribution < -0.4 is 20.9 Å². The number of phenolic OH excluding ortho intramolecular Hbond substituents is 1. The molecule has 5 N–H and O–H groups in total. The van der Waals surface area contributed by atoms with Crippen molar-refractivity contribution >= 4 is 34.6 Å². The number of rotatable bonds is 18. The standard InChI is InChI=1S/C52H55N5O9/c1-56(52(63)54-40-16-12-34(13-17-40)30-53-31-46(59)42-18-20-45(58)50-43(42)19-21-48(60)55-50)26-27-64-51(62)38-14-10-35(11-15-38)33-65-41-9-5-8-39(28-41)44(36-6-3-2-4-7-36)29-49(61)66-47-32-57-24-22-37(47)23-25-57/h2-21,28,37,44,46-47,53,58-59H,22-27,29-33H2,1H3,(H,54,63)(H,55,60)/t44-,46-,47-/m0/s1. The van der Waals surface area contributed by atoms with Crippen LogP contribution in [0.4, 0.5) is 10.5 Å². The topological polar surface area (TPSA) is 183 Å². The predicted octanol–water partition coefficient (Wildman–Crippen LogP) is 7.12. The Morgan fingerprint density at radius 1 is 0.864 bits per heavy atom. The summed E-state index contributed by atoms with van der Waals surface area (Å²) in [5.74, 6) is 0.156. The highest BCUT2D eigenvalue weighted by Crippen LogP contribution is 2.34. The van der Waals surface area contributed by atoms with E-state index in [1.807, 2.05) is 78.9 Å². The van der Waals surface area contributed by atoms with Crippen LogP contribution in [0.2, 0.25) is 0 Å². The van der Waals surface area contributed by atoms with Crippen LogP contribution in [0, 0.1) is 5.92 Å². The molecule has 3 fully saturated rings. The molecular formula is C52H55N5O9. The van der Waals surface area contributed by atoms with Gasteiger partial charge in [0.25, 0.3) is 0 Å². The summed E-state index contributed by atoms with van der Waals surface area (Å²) in [6, 6.07) is 37.7. The van der Waals surface area contributed by atoms with Crippen molar-refractivity contribution in [1.29, 1.82) is 0 Å². The lowest BCUT2D eigenvalue weighted by Gasteiger charge is -2.44. The molecule has 6 aromatic rings. The fourth-order valence-corrected chi connectivity index (χ4v) is 8.66. The second kappa shape index (κ2) is 21.3. The Bertz CT molecular complexity index is 2670. The van der Waals surface area contributed by atoms with Gasteiger partial charge in [0.1, 0.15) is 30.8 Å². The predicted molar refractivity (Wildman–Crippen MR) is 250 cm³/mol. The number of likely N-dealkylation sites (N-methyl/N-ethyl adjacent to an activating group) is 1. The Morgan fingerprint density at radius 3 is 2.35 bits per heavy atom. The lowest BCUT2D eigenvalue weighted by atomic mass is 9.85. The number of pyridine rings is 1. The average Bonchev–Trinajstić information content (AvgIpc) is 3.34. The Labute approximate surface area is 383 Å². The smallest absolute Gasteiger partial charge is 0.338 e. The second-order valence-corrected chi connectivity index (χ2v) is 17.0. The zero-order chi connectivity index (χ0) is 46.0. The van der Waals surface area contributed by atoms with Crippen molar-refractivity contribution < 1.29 is 38.8 Å². The van der Waals surface area contributed by atoms with Gasteiger partial charge in [-0.15, -0.1) is 0 Å². The normalized spacial score (nSPS) is 17.4. The van der Waals surface area contributed by atoms with Crippen molar-refractivity contribution in [2.75, 3.05) is 51.7 Å². The number of aromatic amines is 1. The minimum absolute atomic E-state index is 0.000308. The number of fused-ring (bicyclic) bond motifs is 4. The molecule has 0 radical (unpaired) electrons. The first kappa shape index (κ1) is 45.6. The summed E-state index contributed by atoms with van der Waals surface area (Å²) in [5, 5.41) is 27.6. The lowest BCUT2D eigenvalue weighted by molar-refractivity contribution is -0.159. The van der Waals surface area contributed by atoms with Crippen LogP contribution in [0.1, 0.15) is 69.5 Å². The molecule has 5 aromatic carbocycles. The quantitative estimate of drug-likeness (QED) is 0.0555. The van der Waals surface area contributed by atoms with Gasteiger partial charge in [0.15, 0.2) is 0 Å². The van der Waals surface area contributed by atoms with Crippen molar-refractivity contribution in [3.63, 3.8) is 0 Å². The van der Waals surface area contributed by atoms with E-state index in [1.165, 1.54) is 17.0 Å². The van der Waals surface area contributed by atoms with E-state index in [0.717, 1.165) is 54.7 Å². The number of H-pyrrole nitrogens is 1. The highest BCUT2D eigenvalue weighted by molar-refractivity contribution is 5.90. The van der Waals surface area contributed by atoms with E-state index in [1.54, 1.807) is 43.4 Å². The third kappa shape index (κ3) is 11.6. The Balaban J connectivity index is 0.755. The van der Waals surface area contributed by atoms with E-state index in [0.29, 0.717) is 40.4 Å². The number of phenols is 1.